The van der Waals surface area contributed by atoms with Gasteiger partial charge in [0.15, 0.2) is 0 Å². The first kappa shape index (κ1) is 15.2. The van der Waals surface area contributed by atoms with E-state index in [9.17, 15) is 17.6 Å². The van der Waals surface area contributed by atoms with Gasteiger partial charge in [-0.25, -0.2) is 27.3 Å². The first-order chi connectivity index (χ1) is 10.9. The molecule has 2 aromatic carbocycles. The molecule has 0 aliphatic heterocycles. The highest BCUT2D eigenvalue weighted by molar-refractivity contribution is 7.89. The number of nitrogens with zero attached hydrogens (tertiary/aromatic N) is 1. The van der Waals surface area contributed by atoms with Gasteiger partial charge in [0, 0.05) is 5.56 Å². The fourth-order valence-corrected chi connectivity index (χ4v) is 2.70. The van der Waals surface area contributed by atoms with E-state index < -0.39 is 21.6 Å². The summed E-state index contributed by atoms with van der Waals surface area (Å²) in [6, 6.07) is 11.1. The lowest BCUT2D eigenvalue weighted by atomic mass is 10.1. The highest BCUT2D eigenvalue weighted by Crippen LogP contribution is 2.23. The van der Waals surface area contributed by atoms with Crippen LogP contribution < -0.4 is 10.9 Å². The molecule has 0 saturated heterocycles. The van der Waals surface area contributed by atoms with Crippen molar-refractivity contribution in [2.75, 3.05) is 0 Å². The molecule has 0 spiro atoms. The molecule has 0 fully saturated rings. The Labute approximate surface area is 130 Å². The van der Waals surface area contributed by atoms with Crippen molar-refractivity contribution in [3.05, 3.63) is 71.2 Å². The number of oxazole rings is 1. The molecule has 0 atom stereocenters. The number of benzene rings is 2. The average molecular weight is 334 g/mol. The van der Waals surface area contributed by atoms with Gasteiger partial charge in [0.05, 0.1) is 16.3 Å². The second-order valence-corrected chi connectivity index (χ2v) is 6.33. The third-order valence-electron chi connectivity index (χ3n) is 3.24. The minimum Gasteiger partial charge on any atom is -0.415 e. The lowest BCUT2D eigenvalue weighted by Gasteiger charge is -2.07. The number of nitrogens with two attached hydrogens (primary N) is 1. The Morgan fingerprint density at radius 3 is 2.39 bits per heavy atom. The minimum atomic E-state index is -3.81. The van der Waals surface area contributed by atoms with Crippen LogP contribution in [0.2, 0.25) is 0 Å². The van der Waals surface area contributed by atoms with Crippen LogP contribution in [0.15, 0.2) is 68.9 Å². The summed E-state index contributed by atoms with van der Waals surface area (Å²) in [7, 11) is -3.81. The van der Waals surface area contributed by atoms with Crippen LogP contribution in [-0.4, -0.2) is 13.0 Å². The Bertz CT molecular complexity index is 1020. The smallest absolute Gasteiger partial charge is 0.415 e. The van der Waals surface area contributed by atoms with E-state index in [2.05, 4.69) is 0 Å². The number of aromatic nitrogens is 1. The fraction of sp³-hybridized carbons (Fsp3) is 0. The zero-order valence-corrected chi connectivity index (χ0v) is 12.5. The van der Waals surface area contributed by atoms with Gasteiger partial charge in [0.25, 0.3) is 0 Å². The van der Waals surface area contributed by atoms with Crippen LogP contribution in [0.3, 0.4) is 0 Å². The molecule has 0 radical (unpaired) electrons. The summed E-state index contributed by atoms with van der Waals surface area (Å²) < 4.78 is 42.0. The van der Waals surface area contributed by atoms with Crippen LogP contribution in [0, 0.1) is 5.82 Å². The summed E-state index contributed by atoms with van der Waals surface area (Å²) >= 11 is 0. The molecule has 118 valence electrons. The second-order valence-electron chi connectivity index (χ2n) is 4.77. The number of halogens is 1. The van der Waals surface area contributed by atoms with Crippen molar-refractivity contribution in [3.63, 3.8) is 0 Å². The zero-order chi connectivity index (χ0) is 16.6. The van der Waals surface area contributed by atoms with E-state index in [-0.39, 0.29) is 4.90 Å². The van der Waals surface area contributed by atoms with Gasteiger partial charge >= 0.3 is 5.76 Å². The van der Waals surface area contributed by atoms with Crippen molar-refractivity contribution in [2.45, 2.75) is 4.90 Å². The molecule has 1 aromatic heterocycles. The molecule has 0 aliphatic rings. The third-order valence-corrected chi connectivity index (χ3v) is 4.17. The van der Waals surface area contributed by atoms with Crippen LogP contribution in [-0.2, 0) is 10.0 Å². The minimum absolute atomic E-state index is 0.0515. The largest absolute Gasteiger partial charge is 0.424 e. The maximum absolute atomic E-state index is 13.4. The van der Waals surface area contributed by atoms with Crippen LogP contribution in [0.25, 0.3) is 16.9 Å². The summed E-state index contributed by atoms with van der Waals surface area (Å²) in [5, 5.41) is 5.04. The molecule has 3 aromatic rings. The maximum Gasteiger partial charge on any atom is 0.424 e. The normalized spacial score (nSPS) is 11.6. The number of hydrogen-bond donors (Lipinski definition) is 1. The van der Waals surface area contributed by atoms with Crippen molar-refractivity contribution in [2.24, 2.45) is 5.14 Å². The van der Waals surface area contributed by atoms with E-state index in [1.165, 1.54) is 53.3 Å². The number of primary sulfonamides is 1. The topological polar surface area (TPSA) is 95.3 Å². The molecule has 1 heterocycles. The van der Waals surface area contributed by atoms with Crippen molar-refractivity contribution in [3.8, 4) is 16.9 Å². The molecule has 2 N–H and O–H groups in total. The van der Waals surface area contributed by atoms with E-state index >= 15 is 0 Å². The number of hydrogen-bond acceptors (Lipinski definition) is 4. The van der Waals surface area contributed by atoms with Crippen molar-refractivity contribution in [1.82, 2.24) is 4.57 Å². The first-order valence-electron chi connectivity index (χ1n) is 6.46. The molecule has 6 nitrogen and oxygen atoms in total. The Balaban J connectivity index is 2.14. The third kappa shape index (κ3) is 2.94. The van der Waals surface area contributed by atoms with Crippen LogP contribution in [0.5, 0.6) is 0 Å². The standard InChI is InChI=1S/C15H11FN2O4S/c16-11-2-1-3-12(8-11)18-14(9-22-15(18)19)10-4-6-13(7-5-10)23(17,20)21/h1-9H,(H2,17,20,21). The van der Waals surface area contributed by atoms with Crippen molar-refractivity contribution < 1.29 is 17.2 Å². The van der Waals surface area contributed by atoms with Gasteiger partial charge in [-0.3, -0.25) is 0 Å². The van der Waals surface area contributed by atoms with E-state index in [4.69, 9.17) is 9.56 Å². The second kappa shape index (κ2) is 5.49. The quantitative estimate of drug-likeness (QED) is 0.791. The predicted molar refractivity (Wildman–Crippen MR) is 81.1 cm³/mol. The SMILES string of the molecule is NS(=O)(=O)c1ccc(-c2coc(=O)n2-c2cccc(F)c2)cc1. The van der Waals surface area contributed by atoms with Crippen LogP contribution in [0.1, 0.15) is 0 Å². The van der Waals surface area contributed by atoms with Crippen molar-refractivity contribution in [1.29, 1.82) is 0 Å². The molecule has 0 amide bonds. The summed E-state index contributed by atoms with van der Waals surface area (Å²) in [5.41, 5.74) is 1.18. The highest BCUT2D eigenvalue weighted by Gasteiger charge is 2.14. The molecular weight excluding hydrogens is 323 g/mol. The molecule has 8 heteroatoms. The summed E-state index contributed by atoms with van der Waals surface area (Å²) in [6.07, 6.45) is 1.22. The average Bonchev–Trinajstić information content (AvgIpc) is 2.88. The molecule has 3 rings (SSSR count). The molecule has 0 saturated carbocycles. The van der Waals surface area contributed by atoms with Gasteiger partial charge < -0.3 is 4.42 Å². The highest BCUT2D eigenvalue weighted by atomic mass is 32.2. The van der Waals surface area contributed by atoms with Crippen LogP contribution >= 0.6 is 0 Å². The first-order valence-corrected chi connectivity index (χ1v) is 8.00. The Morgan fingerprint density at radius 1 is 1.09 bits per heavy atom. The Hall–Kier alpha value is -2.71. The van der Waals surface area contributed by atoms with Gasteiger partial charge in [-0.1, -0.05) is 18.2 Å². The van der Waals surface area contributed by atoms with E-state index in [1.807, 2.05) is 0 Å². The molecule has 23 heavy (non-hydrogen) atoms. The molecule has 0 bridgehead atoms. The maximum atomic E-state index is 13.4. The molecule has 0 unspecified atom stereocenters. The van der Waals surface area contributed by atoms with E-state index in [1.54, 1.807) is 6.07 Å². The van der Waals surface area contributed by atoms with Gasteiger partial charge in [0.1, 0.15) is 12.1 Å². The lowest BCUT2D eigenvalue weighted by molar-refractivity contribution is 0.504. The summed E-state index contributed by atoms with van der Waals surface area (Å²) in [6.45, 7) is 0. The molecular formula is C15H11FN2O4S. The number of rotatable bonds is 3. The predicted octanol–water partition coefficient (Wildman–Crippen LogP) is 1.88. The fourth-order valence-electron chi connectivity index (χ4n) is 2.18. The number of sulfonamides is 1. The molecule has 0 aliphatic carbocycles. The zero-order valence-electron chi connectivity index (χ0n) is 11.6. The summed E-state index contributed by atoms with van der Waals surface area (Å²) in [5.74, 6) is -1.17. The Morgan fingerprint density at radius 2 is 1.78 bits per heavy atom. The lowest BCUT2D eigenvalue weighted by Crippen LogP contribution is -2.14. The van der Waals surface area contributed by atoms with Gasteiger partial charge in [-0.15, -0.1) is 0 Å². The van der Waals surface area contributed by atoms with Gasteiger partial charge in [0.2, 0.25) is 10.0 Å². The summed E-state index contributed by atoms with van der Waals surface area (Å²) in [4.78, 5) is 11.9. The Kier molecular flexibility index (Phi) is 3.63. The van der Waals surface area contributed by atoms with Gasteiger partial charge in [-0.05, 0) is 30.3 Å². The van der Waals surface area contributed by atoms with Crippen molar-refractivity contribution >= 4 is 10.0 Å². The van der Waals surface area contributed by atoms with Crippen LogP contribution in [0.4, 0.5) is 4.39 Å². The monoisotopic (exact) mass is 334 g/mol. The van der Waals surface area contributed by atoms with E-state index in [0.29, 0.717) is 16.9 Å². The van der Waals surface area contributed by atoms with E-state index in [0.717, 1.165) is 0 Å². The van der Waals surface area contributed by atoms with Gasteiger partial charge in [-0.2, -0.15) is 0 Å².